The Balaban J connectivity index is 2.61. The molecule has 0 aromatic rings. The quantitative estimate of drug-likeness (QED) is 0.608. The van der Waals surface area contributed by atoms with E-state index in [1.807, 2.05) is 0 Å². The Kier molecular flexibility index (Phi) is 2.00. The van der Waals surface area contributed by atoms with Gasteiger partial charge in [-0.2, -0.15) is 0 Å². The molecule has 0 saturated carbocycles. The molecule has 1 aliphatic heterocycles. The van der Waals surface area contributed by atoms with Crippen LogP contribution in [0.15, 0.2) is 11.8 Å². The van der Waals surface area contributed by atoms with E-state index in [4.69, 9.17) is 0 Å². The molecule has 0 saturated heterocycles. The summed E-state index contributed by atoms with van der Waals surface area (Å²) in [6.07, 6.45) is 4.49. The first-order valence-electron chi connectivity index (χ1n) is 3.95. The fraction of sp³-hybridized carbons (Fsp3) is 0.750. The highest BCUT2D eigenvalue weighted by molar-refractivity contribution is 5.15. The molecule has 10 heavy (non-hydrogen) atoms. The highest BCUT2D eigenvalue weighted by atomic mass is 15.4. The largest absolute Gasteiger partial charge is 0.325 e. The summed E-state index contributed by atoms with van der Waals surface area (Å²) in [4.78, 5) is 0. The number of nitrogens with one attached hydrogen (secondary N) is 2. The van der Waals surface area contributed by atoms with Crippen LogP contribution in [-0.4, -0.2) is 5.54 Å². The van der Waals surface area contributed by atoms with Crippen LogP contribution >= 0.6 is 0 Å². The van der Waals surface area contributed by atoms with Gasteiger partial charge in [0.05, 0.1) is 5.54 Å². The van der Waals surface area contributed by atoms with Gasteiger partial charge in [0, 0.05) is 5.70 Å². The number of hydrogen-bond donors (Lipinski definition) is 2. The van der Waals surface area contributed by atoms with Crippen molar-refractivity contribution in [2.45, 2.75) is 39.2 Å². The maximum atomic E-state index is 3.24. The van der Waals surface area contributed by atoms with Crippen LogP contribution in [0.25, 0.3) is 0 Å². The van der Waals surface area contributed by atoms with Gasteiger partial charge >= 0.3 is 0 Å². The summed E-state index contributed by atoms with van der Waals surface area (Å²) in [5, 5.41) is 0. The van der Waals surface area contributed by atoms with Crippen molar-refractivity contribution < 1.29 is 0 Å². The molecule has 0 radical (unpaired) electrons. The fourth-order valence-electron chi connectivity index (χ4n) is 1.06. The van der Waals surface area contributed by atoms with Crippen molar-refractivity contribution in [3.63, 3.8) is 0 Å². The topological polar surface area (TPSA) is 24.1 Å². The Morgan fingerprint density at radius 1 is 1.50 bits per heavy atom. The Bertz CT molecular complexity index is 151. The Morgan fingerprint density at radius 2 is 2.20 bits per heavy atom. The first-order chi connectivity index (χ1) is 4.70. The minimum Gasteiger partial charge on any atom is -0.325 e. The van der Waals surface area contributed by atoms with Crippen molar-refractivity contribution in [2.75, 3.05) is 0 Å². The van der Waals surface area contributed by atoms with E-state index in [2.05, 4.69) is 37.7 Å². The lowest BCUT2D eigenvalue weighted by molar-refractivity contribution is 0.419. The molecule has 0 aromatic carbocycles. The van der Waals surface area contributed by atoms with Crippen molar-refractivity contribution in [3.8, 4) is 0 Å². The van der Waals surface area contributed by atoms with Gasteiger partial charge < -0.3 is 5.43 Å². The summed E-state index contributed by atoms with van der Waals surface area (Å²) in [5.74, 6) is 0. The molecule has 2 N–H and O–H groups in total. The Labute approximate surface area is 62.7 Å². The van der Waals surface area contributed by atoms with Gasteiger partial charge in [0.1, 0.15) is 0 Å². The zero-order chi connectivity index (χ0) is 7.61. The van der Waals surface area contributed by atoms with Gasteiger partial charge in [-0.25, -0.2) is 5.43 Å². The summed E-state index contributed by atoms with van der Waals surface area (Å²) in [6, 6.07) is 0. The maximum absolute atomic E-state index is 3.24. The van der Waals surface area contributed by atoms with E-state index >= 15 is 0 Å². The van der Waals surface area contributed by atoms with E-state index in [1.54, 1.807) is 0 Å². The van der Waals surface area contributed by atoms with Crippen LogP contribution in [0.1, 0.15) is 33.6 Å². The SMILES string of the molecule is CCC1=CC(C)(CC)NN1. The summed E-state index contributed by atoms with van der Waals surface area (Å²) in [5.41, 5.74) is 7.90. The molecular formula is C8H16N2. The summed E-state index contributed by atoms with van der Waals surface area (Å²) in [7, 11) is 0. The van der Waals surface area contributed by atoms with Gasteiger partial charge in [0.15, 0.2) is 0 Å². The predicted molar refractivity (Wildman–Crippen MR) is 43.3 cm³/mol. The van der Waals surface area contributed by atoms with Crippen LogP contribution in [0.5, 0.6) is 0 Å². The molecule has 2 nitrogen and oxygen atoms in total. The third kappa shape index (κ3) is 1.32. The van der Waals surface area contributed by atoms with E-state index in [9.17, 15) is 0 Å². The van der Waals surface area contributed by atoms with E-state index in [1.165, 1.54) is 5.70 Å². The van der Waals surface area contributed by atoms with Gasteiger partial charge in [0.2, 0.25) is 0 Å². The molecule has 0 spiro atoms. The van der Waals surface area contributed by atoms with Crippen molar-refractivity contribution in [2.24, 2.45) is 0 Å². The van der Waals surface area contributed by atoms with Crippen LogP contribution in [-0.2, 0) is 0 Å². The third-order valence-corrected chi connectivity index (χ3v) is 2.12. The summed E-state index contributed by atoms with van der Waals surface area (Å²) >= 11 is 0. The number of allylic oxidation sites excluding steroid dienone is 1. The second-order valence-electron chi connectivity index (χ2n) is 3.04. The Hall–Kier alpha value is -0.500. The van der Waals surface area contributed by atoms with Gasteiger partial charge in [-0.3, -0.25) is 0 Å². The lowest BCUT2D eigenvalue weighted by Crippen LogP contribution is -2.41. The molecule has 1 atom stereocenters. The van der Waals surface area contributed by atoms with E-state index < -0.39 is 0 Å². The second kappa shape index (κ2) is 2.62. The zero-order valence-electron chi connectivity index (χ0n) is 6.99. The van der Waals surface area contributed by atoms with Gasteiger partial charge in [0.25, 0.3) is 0 Å². The third-order valence-electron chi connectivity index (χ3n) is 2.12. The standard InChI is InChI=1S/C8H16N2/c1-4-7-6-8(3,5-2)10-9-7/h6,9-10H,4-5H2,1-3H3. The minimum absolute atomic E-state index is 0.186. The first kappa shape index (κ1) is 7.61. The first-order valence-corrected chi connectivity index (χ1v) is 3.95. The zero-order valence-corrected chi connectivity index (χ0v) is 6.99. The van der Waals surface area contributed by atoms with Crippen molar-refractivity contribution in [3.05, 3.63) is 11.8 Å². The molecule has 0 aromatic heterocycles. The van der Waals surface area contributed by atoms with Crippen LogP contribution in [0.2, 0.25) is 0 Å². The highest BCUT2D eigenvalue weighted by Crippen LogP contribution is 2.17. The molecule has 58 valence electrons. The maximum Gasteiger partial charge on any atom is 0.0539 e. The molecule has 0 fully saturated rings. The predicted octanol–water partition coefficient (Wildman–Crippen LogP) is 1.56. The number of rotatable bonds is 2. The number of hydrazine groups is 1. The Morgan fingerprint density at radius 3 is 2.50 bits per heavy atom. The molecule has 1 rings (SSSR count). The van der Waals surface area contributed by atoms with E-state index in [-0.39, 0.29) is 5.54 Å². The molecule has 0 amide bonds. The molecule has 1 aliphatic rings. The van der Waals surface area contributed by atoms with Crippen LogP contribution in [0.4, 0.5) is 0 Å². The second-order valence-corrected chi connectivity index (χ2v) is 3.04. The molecule has 2 heteroatoms. The molecule has 0 aliphatic carbocycles. The number of hydrogen-bond acceptors (Lipinski definition) is 2. The monoisotopic (exact) mass is 140 g/mol. The van der Waals surface area contributed by atoms with Crippen molar-refractivity contribution in [1.29, 1.82) is 0 Å². The lowest BCUT2D eigenvalue weighted by Gasteiger charge is -2.18. The fourth-order valence-corrected chi connectivity index (χ4v) is 1.06. The molecule has 1 heterocycles. The average molecular weight is 140 g/mol. The average Bonchev–Trinajstić information content (AvgIpc) is 2.33. The van der Waals surface area contributed by atoms with Gasteiger partial charge in [-0.15, -0.1) is 0 Å². The minimum atomic E-state index is 0.186. The van der Waals surface area contributed by atoms with Crippen LogP contribution in [0.3, 0.4) is 0 Å². The van der Waals surface area contributed by atoms with Crippen LogP contribution in [0, 0.1) is 0 Å². The van der Waals surface area contributed by atoms with E-state index in [0.29, 0.717) is 0 Å². The van der Waals surface area contributed by atoms with Crippen LogP contribution < -0.4 is 10.9 Å². The molecule has 1 unspecified atom stereocenters. The normalized spacial score (nSPS) is 31.7. The van der Waals surface area contributed by atoms with Crippen molar-refractivity contribution in [1.82, 2.24) is 10.9 Å². The molecular weight excluding hydrogens is 124 g/mol. The lowest BCUT2D eigenvalue weighted by atomic mass is 10.00. The van der Waals surface area contributed by atoms with Gasteiger partial charge in [-0.05, 0) is 25.8 Å². The molecule has 0 bridgehead atoms. The summed E-state index contributed by atoms with van der Waals surface area (Å²) in [6.45, 7) is 6.54. The van der Waals surface area contributed by atoms with E-state index in [0.717, 1.165) is 12.8 Å². The van der Waals surface area contributed by atoms with Crippen molar-refractivity contribution >= 4 is 0 Å². The van der Waals surface area contributed by atoms with Gasteiger partial charge in [-0.1, -0.05) is 13.8 Å². The smallest absolute Gasteiger partial charge is 0.0539 e. The summed E-state index contributed by atoms with van der Waals surface area (Å²) < 4.78 is 0. The highest BCUT2D eigenvalue weighted by Gasteiger charge is 2.23.